The number of carbonyl (C=O) groups is 2. The van der Waals surface area contributed by atoms with E-state index in [2.05, 4.69) is 0 Å². The van der Waals surface area contributed by atoms with Crippen LogP contribution in [0.4, 0.5) is 10.1 Å². The highest BCUT2D eigenvalue weighted by Gasteiger charge is 2.49. The molecule has 2 amide bonds. The Morgan fingerprint density at radius 2 is 2.04 bits per heavy atom. The van der Waals surface area contributed by atoms with Crippen LogP contribution in [-0.4, -0.2) is 30.7 Å². The summed E-state index contributed by atoms with van der Waals surface area (Å²) in [7, 11) is 1.51. The normalized spacial score (nSPS) is 21.0. The van der Waals surface area contributed by atoms with Gasteiger partial charge >= 0.3 is 0 Å². The first-order chi connectivity index (χ1) is 13.5. The van der Waals surface area contributed by atoms with Crippen LogP contribution in [0.5, 0.6) is 5.75 Å². The summed E-state index contributed by atoms with van der Waals surface area (Å²) in [6, 6.07) is 9.64. The summed E-state index contributed by atoms with van der Waals surface area (Å²) < 4.78 is 19.5. The van der Waals surface area contributed by atoms with E-state index < -0.39 is 17.1 Å². The minimum absolute atomic E-state index is 0.0671. The minimum atomic E-state index is -0.556. The van der Waals surface area contributed by atoms with Crippen LogP contribution in [0.2, 0.25) is 0 Å². The lowest BCUT2D eigenvalue weighted by molar-refractivity contribution is -0.126. The summed E-state index contributed by atoms with van der Waals surface area (Å²) in [6.07, 6.45) is 2.51. The van der Waals surface area contributed by atoms with Crippen LogP contribution in [0.3, 0.4) is 0 Å². The molecule has 4 rings (SSSR count). The van der Waals surface area contributed by atoms with Crippen LogP contribution >= 0.6 is 0 Å². The monoisotopic (exact) mass is 384 g/mol. The number of benzene rings is 2. The molecule has 2 aromatic rings. The smallest absolute Gasteiger partial charge is 0.274 e. The Morgan fingerprint density at radius 1 is 1.21 bits per heavy atom. The molecule has 1 fully saturated rings. The van der Waals surface area contributed by atoms with Gasteiger partial charge in [-0.2, -0.15) is 0 Å². The van der Waals surface area contributed by atoms with Crippen molar-refractivity contribution in [3.05, 3.63) is 58.9 Å². The molecule has 1 aliphatic heterocycles. The van der Waals surface area contributed by atoms with Crippen molar-refractivity contribution in [1.29, 1.82) is 0 Å². The number of rotatable bonds is 3. The van der Waals surface area contributed by atoms with Crippen LogP contribution in [0.25, 0.3) is 0 Å². The average molecular weight is 384 g/mol. The number of amides is 2. The van der Waals surface area contributed by atoms with Gasteiger partial charge in [-0.3, -0.25) is 14.8 Å². The molecule has 0 saturated carbocycles. The Hall–Kier alpha value is -2.93. The Bertz CT molecular complexity index is 961. The number of aryl methyl sites for hydroxylation is 1. The topological polar surface area (TPSA) is 78.9 Å². The number of hydroxylamine groups is 1. The van der Waals surface area contributed by atoms with E-state index in [1.54, 1.807) is 23.7 Å². The van der Waals surface area contributed by atoms with Crippen molar-refractivity contribution < 1.29 is 23.9 Å². The third-order valence-electron chi connectivity index (χ3n) is 5.93. The summed E-state index contributed by atoms with van der Waals surface area (Å²) in [5.41, 5.74) is 3.74. The Balaban J connectivity index is 1.61. The van der Waals surface area contributed by atoms with Gasteiger partial charge in [0.05, 0.1) is 18.2 Å². The van der Waals surface area contributed by atoms with E-state index >= 15 is 0 Å². The number of fused-ring (bicyclic) bond motifs is 1. The van der Waals surface area contributed by atoms with E-state index in [0.29, 0.717) is 43.5 Å². The fraction of sp³-hybridized carbons (Fsp3) is 0.333. The molecule has 146 valence electrons. The second kappa shape index (κ2) is 6.91. The molecule has 1 saturated heterocycles. The summed E-state index contributed by atoms with van der Waals surface area (Å²) in [5, 5.41) is 8.80. The van der Waals surface area contributed by atoms with Crippen molar-refractivity contribution >= 4 is 17.5 Å². The molecular weight excluding hydrogens is 363 g/mol. The maximum atomic E-state index is 14.4. The molecule has 1 heterocycles. The van der Waals surface area contributed by atoms with Crippen LogP contribution < -0.4 is 15.1 Å². The Morgan fingerprint density at radius 3 is 2.79 bits per heavy atom. The fourth-order valence-corrected chi connectivity index (χ4v) is 4.34. The molecule has 2 aliphatic rings. The summed E-state index contributed by atoms with van der Waals surface area (Å²) >= 11 is 0. The van der Waals surface area contributed by atoms with Gasteiger partial charge in [-0.1, -0.05) is 6.07 Å². The molecule has 7 heteroatoms. The second-order valence-corrected chi connectivity index (χ2v) is 7.41. The first-order valence-corrected chi connectivity index (χ1v) is 9.19. The molecule has 2 aromatic carbocycles. The predicted octanol–water partition coefficient (Wildman–Crippen LogP) is 2.87. The third-order valence-corrected chi connectivity index (χ3v) is 5.93. The van der Waals surface area contributed by atoms with E-state index in [-0.39, 0.29) is 11.6 Å². The van der Waals surface area contributed by atoms with Gasteiger partial charge in [-0.25, -0.2) is 9.87 Å². The SMILES string of the molecule is COc1ccc(F)c(N2CC[C@@]3(CCc4cc(C(=O)NO)ccc4C3)C2=O)c1. The van der Waals surface area contributed by atoms with Crippen molar-refractivity contribution in [2.24, 2.45) is 5.41 Å². The van der Waals surface area contributed by atoms with Gasteiger partial charge in [-0.05, 0) is 61.1 Å². The highest BCUT2D eigenvalue weighted by molar-refractivity contribution is 6.00. The predicted molar refractivity (Wildman–Crippen MR) is 100 cm³/mol. The number of hydrogen-bond donors (Lipinski definition) is 2. The van der Waals surface area contributed by atoms with Crippen molar-refractivity contribution in [1.82, 2.24) is 5.48 Å². The van der Waals surface area contributed by atoms with Crippen molar-refractivity contribution in [2.45, 2.75) is 25.7 Å². The Kier molecular flexibility index (Phi) is 4.55. The molecule has 0 unspecified atom stereocenters. The van der Waals surface area contributed by atoms with Crippen LogP contribution in [0, 0.1) is 11.2 Å². The van der Waals surface area contributed by atoms with Crippen molar-refractivity contribution in [3.63, 3.8) is 0 Å². The summed E-state index contributed by atoms with van der Waals surface area (Å²) in [5.74, 6) is -0.557. The van der Waals surface area contributed by atoms with Gasteiger partial charge in [-0.15, -0.1) is 0 Å². The van der Waals surface area contributed by atoms with Gasteiger partial charge in [0.15, 0.2) is 0 Å². The quantitative estimate of drug-likeness (QED) is 0.630. The molecule has 0 aromatic heterocycles. The number of hydrogen-bond acceptors (Lipinski definition) is 4. The van der Waals surface area contributed by atoms with Crippen molar-refractivity contribution in [2.75, 3.05) is 18.6 Å². The summed E-state index contributed by atoms with van der Waals surface area (Å²) in [6.45, 7) is 0.462. The number of halogens is 1. The zero-order valence-corrected chi connectivity index (χ0v) is 15.5. The standard InChI is InChI=1S/C21H21FN2O4/c1-28-16-4-5-17(22)18(11-16)24-9-8-21(20(24)26)7-6-13-10-14(19(25)23-27)2-3-15(13)12-21/h2-5,10-11,27H,6-9,12H2,1H3,(H,23,25)/t21-/m1/s1. The number of methoxy groups -OCH3 is 1. The van der Waals surface area contributed by atoms with Crippen LogP contribution in [0.1, 0.15) is 34.3 Å². The molecular formula is C21H21FN2O4. The van der Waals surface area contributed by atoms with E-state index in [4.69, 9.17) is 9.94 Å². The zero-order valence-electron chi connectivity index (χ0n) is 15.5. The van der Waals surface area contributed by atoms with Gasteiger partial charge in [0.25, 0.3) is 5.91 Å². The van der Waals surface area contributed by atoms with Gasteiger partial charge in [0, 0.05) is 18.2 Å². The number of nitrogens with one attached hydrogen (secondary N) is 1. The molecule has 2 N–H and O–H groups in total. The average Bonchev–Trinajstić information content (AvgIpc) is 3.03. The largest absolute Gasteiger partial charge is 0.497 e. The van der Waals surface area contributed by atoms with Crippen molar-refractivity contribution in [3.8, 4) is 5.75 Å². The lowest BCUT2D eigenvalue weighted by Gasteiger charge is -2.33. The van der Waals surface area contributed by atoms with Gasteiger partial charge in [0.1, 0.15) is 11.6 Å². The van der Waals surface area contributed by atoms with Gasteiger partial charge in [0.2, 0.25) is 5.91 Å². The first kappa shape index (κ1) is 18.4. The van der Waals surface area contributed by atoms with E-state index in [1.165, 1.54) is 24.1 Å². The van der Waals surface area contributed by atoms with Crippen LogP contribution in [0.15, 0.2) is 36.4 Å². The minimum Gasteiger partial charge on any atom is -0.497 e. The third kappa shape index (κ3) is 2.92. The molecule has 1 spiro atoms. The molecule has 1 atom stereocenters. The van der Waals surface area contributed by atoms with E-state index in [1.807, 2.05) is 6.07 Å². The molecule has 1 aliphatic carbocycles. The Labute approximate surface area is 161 Å². The zero-order chi connectivity index (χ0) is 19.9. The number of ether oxygens (including phenoxy) is 1. The highest BCUT2D eigenvalue weighted by Crippen LogP contribution is 2.45. The molecule has 0 bridgehead atoms. The maximum absolute atomic E-state index is 14.4. The number of nitrogens with zero attached hydrogens (tertiary/aromatic N) is 1. The first-order valence-electron chi connectivity index (χ1n) is 9.19. The summed E-state index contributed by atoms with van der Waals surface area (Å²) in [4.78, 5) is 26.4. The molecule has 6 nitrogen and oxygen atoms in total. The van der Waals surface area contributed by atoms with E-state index in [9.17, 15) is 14.0 Å². The molecule has 28 heavy (non-hydrogen) atoms. The van der Waals surface area contributed by atoms with E-state index in [0.717, 1.165) is 11.1 Å². The highest BCUT2D eigenvalue weighted by atomic mass is 19.1. The fourth-order valence-electron chi connectivity index (χ4n) is 4.34. The van der Waals surface area contributed by atoms with Crippen LogP contribution in [-0.2, 0) is 17.6 Å². The molecule has 0 radical (unpaired) electrons. The number of anilines is 1. The van der Waals surface area contributed by atoms with Gasteiger partial charge < -0.3 is 9.64 Å². The maximum Gasteiger partial charge on any atom is 0.274 e. The lowest BCUT2D eigenvalue weighted by atomic mass is 9.70. The number of carbonyl (C=O) groups excluding carboxylic acids is 2. The lowest BCUT2D eigenvalue weighted by Crippen LogP contribution is -2.39. The second-order valence-electron chi connectivity index (χ2n) is 7.41.